The van der Waals surface area contributed by atoms with Crippen LogP contribution in [0.2, 0.25) is 0 Å². The molecule has 0 unspecified atom stereocenters. The number of imidazole rings is 1. The molecule has 0 aliphatic rings. The van der Waals surface area contributed by atoms with E-state index in [0.717, 1.165) is 26.9 Å². The summed E-state index contributed by atoms with van der Waals surface area (Å²) < 4.78 is 3.25. The second kappa shape index (κ2) is 4.90. The molecule has 0 fully saturated rings. The van der Waals surface area contributed by atoms with Crippen LogP contribution in [0.4, 0.5) is 5.82 Å². The molecule has 0 bridgehead atoms. The summed E-state index contributed by atoms with van der Waals surface area (Å²) >= 11 is 3.49. The van der Waals surface area contributed by atoms with Crippen LogP contribution in [-0.2, 0) is 0 Å². The molecule has 3 rings (SSSR count). The Morgan fingerprint density at radius 1 is 1.20 bits per heavy atom. The van der Waals surface area contributed by atoms with Crippen LogP contribution in [0.3, 0.4) is 0 Å². The molecule has 3 aromatic rings. The lowest BCUT2D eigenvalue weighted by molar-refractivity contribution is 0.624. The van der Waals surface area contributed by atoms with E-state index in [4.69, 9.17) is 10.7 Å². The highest BCUT2D eigenvalue weighted by molar-refractivity contribution is 9.10. The fourth-order valence-electron chi connectivity index (χ4n) is 2.34. The maximum absolute atomic E-state index is 5.65. The van der Waals surface area contributed by atoms with Gasteiger partial charge in [0.25, 0.3) is 0 Å². The number of fused-ring (bicyclic) bond motifs is 1. The zero-order chi connectivity index (χ0) is 14.3. The van der Waals surface area contributed by atoms with Crippen LogP contribution in [0.1, 0.15) is 19.9 Å². The van der Waals surface area contributed by atoms with E-state index in [1.54, 1.807) is 12.3 Å². The van der Waals surface area contributed by atoms with Gasteiger partial charge < -0.3 is 10.3 Å². The number of anilines is 1. The third-order valence-corrected chi connectivity index (χ3v) is 3.71. The Kier molecular flexibility index (Phi) is 3.22. The molecule has 2 N–H and O–H groups in total. The summed E-state index contributed by atoms with van der Waals surface area (Å²) in [4.78, 5) is 8.91. The molecule has 4 nitrogen and oxygen atoms in total. The fourth-order valence-corrected chi connectivity index (χ4v) is 2.68. The molecule has 0 aliphatic heterocycles. The summed E-state index contributed by atoms with van der Waals surface area (Å²) in [6, 6.07) is 10.2. The van der Waals surface area contributed by atoms with Gasteiger partial charge in [-0.3, -0.25) is 0 Å². The van der Waals surface area contributed by atoms with Gasteiger partial charge in [0.2, 0.25) is 0 Å². The third-order valence-electron chi connectivity index (χ3n) is 3.21. The first-order valence-electron chi connectivity index (χ1n) is 6.45. The minimum Gasteiger partial charge on any atom is -0.384 e. The summed E-state index contributed by atoms with van der Waals surface area (Å²) in [7, 11) is 0. The van der Waals surface area contributed by atoms with Crippen molar-refractivity contribution in [3.8, 4) is 11.4 Å². The molecule has 20 heavy (non-hydrogen) atoms. The van der Waals surface area contributed by atoms with Crippen molar-refractivity contribution in [2.45, 2.75) is 19.9 Å². The van der Waals surface area contributed by atoms with Crippen molar-refractivity contribution in [1.82, 2.24) is 14.5 Å². The summed E-state index contributed by atoms with van der Waals surface area (Å²) in [5.74, 6) is 1.43. The van der Waals surface area contributed by atoms with Crippen molar-refractivity contribution in [3.05, 3.63) is 41.0 Å². The predicted molar refractivity (Wildman–Crippen MR) is 85.5 cm³/mol. The second-order valence-corrected chi connectivity index (χ2v) is 5.92. The molecule has 0 atom stereocenters. The molecule has 2 heterocycles. The fraction of sp³-hybridized carbons (Fsp3) is 0.200. The van der Waals surface area contributed by atoms with Crippen molar-refractivity contribution < 1.29 is 0 Å². The highest BCUT2D eigenvalue weighted by Crippen LogP contribution is 2.29. The Morgan fingerprint density at radius 2 is 2.00 bits per heavy atom. The van der Waals surface area contributed by atoms with Gasteiger partial charge >= 0.3 is 0 Å². The van der Waals surface area contributed by atoms with Gasteiger partial charge in [-0.25, -0.2) is 9.97 Å². The molecule has 0 amide bonds. The number of nitrogen functional groups attached to an aromatic ring is 1. The van der Waals surface area contributed by atoms with E-state index in [0.29, 0.717) is 11.9 Å². The van der Waals surface area contributed by atoms with E-state index in [1.807, 2.05) is 18.2 Å². The average molecular weight is 331 g/mol. The largest absolute Gasteiger partial charge is 0.384 e. The summed E-state index contributed by atoms with van der Waals surface area (Å²) in [5, 5.41) is 0. The van der Waals surface area contributed by atoms with Crippen molar-refractivity contribution in [2.75, 3.05) is 5.73 Å². The number of rotatable bonds is 2. The average Bonchev–Trinajstić information content (AvgIpc) is 2.77. The molecule has 102 valence electrons. The lowest BCUT2D eigenvalue weighted by Crippen LogP contribution is -2.03. The number of nitrogens with zero attached hydrogens (tertiary/aromatic N) is 3. The maximum atomic E-state index is 5.65. The van der Waals surface area contributed by atoms with Crippen LogP contribution in [0.5, 0.6) is 0 Å². The quantitative estimate of drug-likeness (QED) is 0.771. The summed E-state index contributed by atoms with van der Waals surface area (Å²) in [6.45, 7) is 4.30. The van der Waals surface area contributed by atoms with E-state index in [9.17, 15) is 0 Å². The van der Waals surface area contributed by atoms with Crippen molar-refractivity contribution in [1.29, 1.82) is 0 Å². The highest BCUT2D eigenvalue weighted by Gasteiger charge is 2.15. The first-order chi connectivity index (χ1) is 9.56. The zero-order valence-corrected chi connectivity index (χ0v) is 12.9. The van der Waals surface area contributed by atoms with Crippen molar-refractivity contribution in [3.63, 3.8) is 0 Å². The van der Waals surface area contributed by atoms with Crippen molar-refractivity contribution in [2.24, 2.45) is 0 Å². The first-order valence-corrected chi connectivity index (χ1v) is 7.25. The molecule has 1 aromatic carbocycles. The van der Waals surface area contributed by atoms with Crippen molar-refractivity contribution >= 4 is 32.8 Å². The van der Waals surface area contributed by atoms with Gasteiger partial charge in [-0.05, 0) is 44.2 Å². The number of hydrogen-bond donors (Lipinski definition) is 1. The van der Waals surface area contributed by atoms with Crippen LogP contribution in [-0.4, -0.2) is 14.5 Å². The van der Waals surface area contributed by atoms with Crippen LogP contribution in [0.25, 0.3) is 22.4 Å². The predicted octanol–water partition coefficient (Wildman–Crippen LogP) is 4.02. The van der Waals surface area contributed by atoms with Gasteiger partial charge in [0.1, 0.15) is 11.6 Å². The Hall–Kier alpha value is -1.88. The van der Waals surface area contributed by atoms with Gasteiger partial charge in [0.15, 0.2) is 0 Å². The molecule has 2 aromatic heterocycles. The molecular weight excluding hydrogens is 316 g/mol. The van der Waals surface area contributed by atoms with Gasteiger partial charge in [0.05, 0.1) is 11.0 Å². The Balaban J connectivity index is 2.28. The Labute approximate surface area is 125 Å². The number of pyridine rings is 1. The van der Waals surface area contributed by atoms with Gasteiger partial charge in [-0.15, -0.1) is 0 Å². The topological polar surface area (TPSA) is 56.7 Å². The standard InChI is InChI=1S/C15H15BrN4/c1-9(2)20-13-5-4-11(16)7-12(13)19-15(20)10-3-6-14(17)18-8-10/h3-9H,1-2H3,(H2,17,18). The highest BCUT2D eigenvalue weighted by atomic mass is 79.9. The number of halogens is 1. The minimum absolute atomic E-state index is 0.314. The van der Waals surface area contributed by atoms with Crippen LogP contribution >= 0.6 is 15.9 Å². The first kappa shape index (κ1) is 13.1. The molecule has 0 spiro atoms. The van der Waals surface area contributed by atoms with Gasteiger partial charge in [0, 0.05) is 22.3 Å². The van der Waals surface area contributed by atoms with E-state index in [1.165, 1.54) is 0 Å². The second-order valence-electron chi connectivity index (χ2n) is 5.00. The monoisotopic (exact) mass is 330 g/mol. The molecular formula is C15H15BrN4. The van der Waals surface area contributed by atoms with E-state index < -0.39 is 0 Å². The van der Waals surface area contributed by atoms with Gasteiger partial charge in [-0.2, -0.15) is 0 Å². The molecule has 5 heteroatoms. The molecule has 0 saturated carbocycles. The summed E-state index contributed by atoms with van der Waals surface area (Å²) in [6.07, 6.45) is 1.77. The van der Waals surface area contributed by atoms with Gasteiger partial charge in [-0.1, -0.05) is 15.9 Å². The Morgan fingerprint density at radius 3 is 2.65 bits per heavy atom. The maximum Gasteiger partial charge on any atom is 0.142 e. The zero-order valence-electron chi connectivity index (χ0n) is 11.3. The molecule has 0 saturated heterocycles. The SMILES string of the molecule is CC(C)n1c(-c2ccc(N)nc2)nc2cc(Br)ccc21. The number of benzene rings is 1. The molecule has 0 radical (unpaired) electrons. The molecule has 0 aliphatic carbocycles. The smallest absolute Gasteiger partial charge is 0.142 e. The van der Waals surface area contributed by atoms with Crippen LogP contribution in [0, 0.1) is 0 Å². The normalized spacial score (nSPS) is 11.4. The lowest BCUT2D eigenvalue weighted by atomic mass is 10.2. The van der Waals surface area contributed by atoms with E-state index in [-0.39, 0.29) is 0 Å². The Bertz CT molecular complexity index is 759. The minimum atomic E-state index is 0.314. The lowest BCUT2D eigenvalue weighted by Gasteiger charge is -2.13. The van der Waals surface area contributed by atoms with E-state index in [2.05, 4.69) is 45.4 Å². The van der Waals surface area contributed by atoms with E-state index >= 15 is 0 Å². The third kappa shape index (κ3) is 2.18. The summed E-state index contributed by atoms with van der Waals surface area (Å²) in [5.41, 5.74) is 8.72. The van der Waals surface area contributed by atoms with Crippen LogP contribution < -0.4 is 5.73 Å². The number of aromatic nitrogens is 3. The number of hydrogen-bond acceptors (Lipinski definition) is 3. The number of nitrogens with two attached hydrogens (primary N) is 1. The van der Waals surface area contributed by atoms with Crippen LogP contribution in [0.15, 0.2) is 41.0 Å².